The highest BCUT2D eigenvalue weighted by Crippen LogP contribution is 2.43. The van der Waals surface area contributed by atoms with Crippen LogP contribution in [0.3, 0.4) is 0 Å². The second kappa shape index (κ2) is 8.18. The van der Waals surface area contributed by atoms with Crippen molar-refractivity contribution >= 4 is 34.2 Å². The number of nitrogens with zero attached hydrogens (tertiary/aromatic N) is 5. The van der Waals surface area contributed by atoms with Crippen LogP contribution in [-0.2, 0) is 17.2 Å². The predicted molar refractivity (Wildman–Crippen MR) is 125 cm³/mol. The Balaban J connectivity index is 1.41. The molecule has 172 valence electrons. The average molecular weight is 477 g/mol. The van der Waals surface area contributed by atoms with E-state index in [1.165, 1.54) is 0 Å². The molecule has 0 amide bonds. The van der Waals surface area contributed by atoms with Crippen LogP contribution in [0, 0.1) is 0 Å². The molecule has 8 nitrogen and oxygen atoms in total. The fourth-order valence-electron chi connectivity index (χ4n) is 4.82. The molecule has 2 aromatic heterocycles. The maximum Gasteiger partial charge on any atom is 0.227 e. The Hall–Kier alpha value is -1.84. The van der Waals surface area contributed by atoms with E-state index in [9.17, 15) is 9.32 Å². The smallest absolute Gasteiger partial charge is 0.227 e. The summed E-state index contributed by atoms with van der Waals surface area (Å²) in [5, 5.41) is 14.0. The van der Waals surface area contributed by atoms with Gasteiger partial charge in [-0.3, -0.25) is 4.21 Å². The maximum absolute atomic E-state index is 13.2. The molecule has 1 saturated carbocycles. The summed E-state index contributed by atoms with van der Waals surface area (Å²) < 4.78 is 12.8. The number of aliphatic hydroxyl groups excluding tert-OH is 1. The molecule has 0 radical (unpaired) electrons. The summed E-state index contributed by atoms with van der Waals surface area (Å²) >= 11 is 5.92. The van der Waals surface area contributed by atoms with Gasteiger partial charge < -0.3 is 15.3 Å². The predicted octanol–water partition coefficient (Wildman–Crippen LogP) is 3.07. The molecular weight excluding hydrogens is 448 g/mol. The van der Waals surface area contributed by atoms with Crippen molar-refractivity contribution in [2.24, 2.45) is 0 Å². The highest BCUT2D eigenvalue weighted by Gasteiger charge is 2.44. The quantitative estimate of drug-likeness (QED) is 0.678. The summed E-state index contributed by atoms with van der Waals surface area (Å²) in [5.74, 6) is 2.42. The van der Waals surface area contributed by atoms with Gasteiger partial charge in [-0.2, -0.15) is 4.98 Å². The fraction of sp³-hybridized carbons (Fsp3) is 0.636. The van der Waals surface area contributed by atoms with E-state index in [0.717, 1.165) is 56.7 Å². The van der Waals surface area contributed by atoms with E-state index < -0.39 is 10.8 Å². The average Bonchev–Trinajstić information content (AvgIpc) is 2.99. The molecule has 2 aliphatic heterocycles. The zero-order valence-electron chi connectivity index (χ0n) is 18.5. The molecule has 2 fully saturated rings. The highest BCUT2D eigenvalue weighted by atomic mass is 35.5. The molecule has 0 bridgehead atoms. The van der Waals surface area contributed by atoms with Crippen LogP contribution in [0.1, 0.15) is 63.4 Å². The van der Waals surface area contributed by atoms with Crippen molar-refractivity contribution < 1.29 is 9.32 Å². The number of fused-ring (bicyclic) bond motifs is 1. The first-order chi connectivity index (χ1) is 15.3. The van der Waals surface area contributed by atoms with Crippen molar-refractivity contribution in [1.82, 2.24) is 19.9 Å². The van der Waals surface area contributed by atoms with Crippen LogP contribution >= 0.6 is 11.6 Å². The first kappa shape index (κ1) is 22.0. The number of hydrogen-bond donors (Lipinski definition) is 2. The zero-order chi connectivity index (χ0) is 22.5. The molecule has 5 rings (SSSR count). The Morgan fingerprint density at radius 3 is 2.50 bits per heavy atom. The van der Waals surface area contributed by atoms with Crippen molar-refractivity contribution in [3.8, 4) is 0 Å². The van der Waals surface area contributed by atoms with Crippen molar-refractivity contribution in [3.63, 3.8) is 0 Å². The van der Waals surface area contributed by atoms with Crippen LogP contribution < -0.4 is 10.2 Å². The van der Waals surface area contributed by atoms with Gasteiger partial charge in [-0.15, -0.1) is 0 Å². The second-order valence-electron chi connectivity index (χ2n) is 9.79. The monoisotopic (exact) mass is 476 g/mol. The Kier molecular flexibility index (Phi) is 5.62. The Labute approximate surface area is 195 Å². The van der Waals surface area contributed by atoms with Crippen molar-refractivity contribution in [1.29, 1.82) is 0 Å². The van der Waals surface area contributed by atoms with Crippen LogP contribution in [0.2, 0.25) is 5.02 Å². The van der Waals surface area contributed by atoms with Gasteiger partial charge in [-0.1, -0.05) is 11.6 Å². The molecule has 2 aromatic rings. The lowest BCUT2D eigenvalue weighted by Crippen LogP contribution is -2.49. The summed E-state index contributed by atoms with van der Waals surface area (Å²) in [4.78, 5) is 21.4. The van der Waals surface area contributed by atoms with E-state index in [0.29, 0.717) is 28.1 Å². The van der Waals surface area contributed by atoms with Crippen LogP contribution in [0.5, 0.6) is 0 Å². The molecular formula is C22H29ClN6O2S. The number of anilines is 2. The third kappa shape index (κ3) is 3.88. The SMILES string of the molecule is CC1(C)Cc2nc(N3CCC(c4ncc(Cl)cn4)CC3)nc(NC3(CO)CCC3)c2[S@]1=O. The minimum absolute atomic E-state index is 0.0453. The number of piperidine rings is 1. The van der Waals surface area contributed by atoms with Gasteiger partial charge in [0.05, 0.1) is 38.4 Å². The third-order valence-electron chi connectivity index (χ3n) is 6.98. The van der Waals surface area contributed by atoms with Gasteiger partial charge >= 0.3 is 0 Å². The molecule has 2 N–H and O–H groups in total. The number of rotatable bonds is 5. The first-order valence-corrected chi connectivity index (χ1v) is 12.8. The van der Waals surface area contributed by atoms with Gasteiger partial charge in [-0.05, 0) is 46.0 Å². The molecule has 32 heavy (non-hydrogen) atoms. The summed E-state index contributed by atoms with van der Waals surface area (Å²) in [7, 11) is -1.20. The van der Waals surface area contributed by atoms with Crippen molar-refractivity contribution in [2.45, 2.75) is 73.5 Å². The molecule has 0 spiro atoms. The molecule has 4 heterocycles. The molecule has 1 atom stereocenters. The summed E-state index contributed by atoms with van der Waals surface area (Å²) in [6.45, 7) is 5.66. The number of aromatic nitrogens is 4. The fourth-order valence-corrected chi connectivity index (χ4v) is 6.34. The van der Waals surface area contributed by atoms with Crippen LogP contribution in [0.15, 0.2) is 17.3 Å². The number of nitrogens with one attached hydrogen (secondary N) is 1. The van der Waals surface area contributed by atoms with Gasteiger partial charge in [0, 0.05) is 37.8 Å². The lowest BCUT2D eigenvalue weighted by Gasteiger charge is -2.42. The van der Waals surface area contributed by atoms with E-state index in [4.69, 9.17) is 21.6 Å². The summed E-state index contributed by atoms with van der Waals surface area (Å²) in [6, 6.07) is 0. The van der Waals surface area contributed by atoms with E-state index in [2.05, 4.69) is 20.2 Å². The van der Waals surface area contributed by atoms with Crippen LogP contribution in [0.25, 0.3) is 0 Å². The van der Waals surface area contributed by atoms with Gasteiger partial charge in [0.2, 0.25) is 5.95 Å². The largest absolute Gasteiger partial charge is 0.394 e. The second-order valence-corrected chi connectivity index (χ2v) is 12.3. The zero-order valence-corrected chi connectivity index (χ0v) is 20.0. The molecule has 10 heteroatoms. The van der Waals surface area contributed by atoms with E-state index in [1.807, 2.05) is 13.8 Å². The van der Waals surface area contributed by atoms with E-state index in [1.54, 1.807) is 12.4 Å². The standard InChI is InChI=1S/C22H29ClN6O2S/c1-21(2)10-16-17(32(21)31)19(28-22(13-30)6-3-7-22)27-20(26-16)29-8-4-14(5-9-29)18-24-11-15(23)12-25-18/h11-12,14,30H,3-10,13H2,1-2H3,(H,26,27,28)/t32-/m1/s1. The van der Waals surface area contributed by atoms with E-state index >= 15 is 0 Å². The molecule has 0 aromatic carbocycles. The lowest BCUT2D eigenvalue weighted by atomic mass is 9.77. The number of hydrogen-bond acceptors (Lipinski definition) is 8. The van der Waals surface area contributed by atoms with Crippen LogP contribution in [-0.4, -0.2) is 59.2 Å². The Bertz CT molecular complexity index is 1030. The maximum atomic E-state index is 13.2. The van der Waals surface area contributed by atoms with Gasteiger partial charge in [-0.25, -0.2) is 15.0 Å². The topological polar surface area (TPSA) is 104 Å². The number of halogens is 1. The highest BCUT2D eigenvalue weighted by molar-refractivity contribution is 7.87. The molecule has 3 aliphatic rings. The molecule has 0 unspecified atom stereocenters. The molecule has 1 aliphatic carbocycles. The van der Waals surface area contributed by atoms with Crippen molar-refractivity contribution in [2.75, 3.05) is 29.9 Å². The summed E-state index contributed by atoms with van der Waals surface area (Å²) in [5.41, 5.74) is 0.492. The molecule has 1 saturated heterocycles. The minimum Gasteiger partial charge on any atom is -0.394 e. The van der Waals surface area contributed by atoms with Gasteiger partial charge in [0.1, 0.15) is 16.5 Å². The Morgan fingerprint density at radius 2 is 1.91 bits per heavy atom. The normalized spacial score (nSPS) is 24.1. The first-order valence-electron chi connectivity index (χ1n) is 11.2. The minimum atomic E-state index is -1.20. The Morgan fingerprint density at radius 1 is 1.22 bits per heavy atom. The third-order valence-corrected chi connectivity index (χ3v) is 9.13. The van der Waals surface area contributed by atoms with Crippen molar-refractivity contribution in [3.05, 3.63) is 28.9 Å². The number of aliphatic hydroxyl groups is 1. The van der Waals surface area contributed by atoms with Gasteiger partial charge in [0.15, 0.2) is 0 Å². The van der Waals surface area contributed by atoms with Crippen LogP contribution in [0.4, 0.5) is 11.8 Å². The van der Waals surface area contributed by atoms with E-state index in [-0.39, 0.29) is 22.8 Å². The summed E-state index contributed by atoms with van der Waals surface area (Å²) in [6.07, 6.45) is 8.61. The lowest BCUT2D eigenvalue weighted by molar-refractivity contribution is 0.143. The van der Waals surface area contributed by atoms with Gasteiger partial charge in [0.25, 0.3) is 0 Å².